The van der Waals surface area contributed by atoms with Crippen molar-refractivity contribution in [1.29, 1.82) is 0 Å². The Labute approximate surface area is 121 Å². The lowest BCUT2D eigenvalue weighted by Gasteiger charge is -2.23. The van der Waals surface area contributed by atoms with Gasteiger partial charge in [-0.3, -0.25) is 9.59 Å². The lowest BCUT2D eigenvalue weighted by Crippen LogP contribution is -2.32. The molecule has 1 aliphatic carbocycles. The van der Waals surface area contributed by atoms with Crippen LogP contribution in [-0.2, 0) is 9.59 Å². The van der Waals surface area contributed by atoms with Crippen molar-refractivity contribution in [2.45, 2.75) is 46.5 Å². The Morgan fingerprint density at radius 3 is 2.35 bits per heavy atom. The SMILES string of the molecule is CCC(CC(=O)N1C[C@H](C(=O)O)[C@@H](C2CC2)C1)C(C)C. The van der Waals surface area contributed by atoms with E-state index < -0.39 is 5.97 Å². The Morgan fingerprint density at radius 1 is 1.25 bits per heavy atom. The molecule has 20 heavy (non-hydrogen) atoms. The van der Waals surface area contributed by atoms with Crippen molar-refractivity contribution in [1.82, 2.24) is 4.90 Å². The minimum Gasteiger partial charge on any atom is -0.481 e. The van der Waals surface area contributed by atoms with E-state index in [4.69, 9.17) is 0 Å². The van der Waals surface area contributed by atoms with Crippen LogP contribution in [0, 0.1) is 29.6 Å². The topological polar surface area (TPSA) is 57.6 Å². The van der Waals surface area contributed by atoms with Crippen molar-refractivity contribution in [2.24, 2.45) is 29.6 Å². The third-order valence-electron chi connectivity index (χ3n) is 5.17. The van der Waals surface area contributed by atoms with E-state index in [1.54, 1.807) is 0 Å². The molecule has 1 aliphatic heterocycles. The zero-order valence-electron chi connectivity index (χ0n) is 12.8. The summed E-state index contributed by atoms with van der Waals surface area (Å²) in [4.78, 5) is 25.6. The van der Waals surface area contributed by atoms with Gasteiger partial charge in [0.05, 0.1) is 5.92 Å². The minimum absolute atomic E-state index is 0.153. The van der Waals surface area contributed by atoms with Crippen molar-refractivity contribution in [2.75, 3.05) is 13.1 Å². The van der Waals surface area contributed by atoms with Crippen LogP contribution in [0.4, 0.5) is 0 Å². The van der Waals surface area contributed by atoms with Gasteiger partial charge in [-0.05, 0) is 36.5 Å². The molecule has 2 rings (SSSR count). The molecule has 1 heterocycles. The molecule has 0 spiro atoms. The van der Waals surface area contributed by atoms with E-state index in [0.717, 1.165) is 19.3 Å². The molecule has 0 radical (unpaired) electrons. The highest BCUT2D eigenvalue weighted by Gasteiger charge is 2.46. The summed E-state index contributed by atoms with van der Waals surface area (Å²) in [6, 6.07) is 0. The standard InChI is InChI=1S/C16H27NO3/c1-4-11(10(2)3)7-15(18)17-8-13(12-5-6-12)14(9-17)16(19)20/h10-14H,4-9H2,1-3H3,(H,19,20)/t11?,13-,14+/m1/s1. The number of amides is 1. The van der Waals surface area contributed by atoms with Crippen LogP contribution >= 0.6 is 0 Å². The second-order valence-corrected chi connectivity index (χ2v) is 6.86. The molecule has 1 saturated carbocycles. The van der Waals surface area contributed by atoms with Gasteiger partial charge >= 0.3 is 5.97 Å². The molecule has 0 bridgehead atoms. The Balaban J connectivity index is 1.95. The molecular formula is C16H27NO3. The molecular weight excluding hydrogens is 254 g/mol. The number of aliphatic carboxylic acids is 1. The fraction of sp³-hybridized carbons (Fsp3) is 0.875. The highest BCUT2D eigenvalue weighted by Crippen LogP contribution is 2.44. The van der Waals surface area contributed by atoms with Crippen LogP contribution in [0.1, 0.15) is 46.5 Å². The van der Waals surface area contributed by atoms with E-state index in [1.165, 1.54) is 0 Å². The van der Waals surface area contributed by atoms with Gasteiger partial charge in [-0.25, -0.2) is 0 Å². The summed E-state index contributed by atoms with van der Waals surface area (Å²) >= 11 is 0. The molecule has 4 nitrogen and oxygen atoms in total. The van der Waals surface area contributed by atoms with Gasteiger partial charge in [-0.1, -0.05) is 27.2 Å². The van der Waals surface area contributed by atoms with Crippen molar-refractivity contribution in [3.63, 3.8) is 0 Å². The van der Waals surface area contributed by atoms with Crippen LogP contribution in [0.3, 0.4) is 0 Å². The second-order valence-electron chi connectivity index (χ2n) is 6.86. The van der Waals surface area contributed by atoms with Crippen molar-refractivity contribution >= 4 is 11.9 Å². The number of carboxylic acid groups (broad SMARTS) is 1. The van der Waals surface area contributed by atoms with Crippen LogP contribution in [0.15, 0.2) is 0 Å². The fourth-order valence-electron chi connectivity index (χ4n) is 3.50. The lowest BCUT2D eigenvalue weighted by molar-refractivity contribution is -0.142. The predicted octanol–water partition coefficient (Wildman–Crippen LogP) is 2.63. The van der Waals surface area contributed by atoms with Gasteiger partial charge in [0, 0.05) is 19.5 Å². The zero-order chi connectivity index (χ0) is 14.9. The van der Waals surface area contributed by atoms with E-state index in [0.29, 0.717) is 37.3 Å². The van der Waals surface area contributed by atoms with Crippen LogP contribution in [-0.4, -0.2) is 35.0 Å². The highest BCUT2D eigenvalue weighted by atomic mass is 16.4. The monoisotopic (exact) mass is 281 g/mol. The number of rotatable bonds is 6. The molecule has 114 valence electrons. The Hall–Kier alpha value is -1.06. The van der Waals surface area contributed by atoms with Crippen LogP contribution in [0.2, 0.25) is 0 Å². The Bertz CT molecular complexity index is 376. The van der Waals surface area contributed by atoms with E-state index in [1.807, 2.05) is 4.90 Å². The van der Waals surface area contributed by atoms with Gasteiger partial charge in [0.15, 0.2) is 0 Å². The number of hydrogen-bond acceptors (Lipinski definition) is 2. The quantitative estimate of drug-likeness (QED) is 0.814. The van der Waals surface area contributed by atoms with Gasteiger partial charge in [-0.2, -0.15) is 0 Å². The second kappa shape index (κ2) is 6.15. The fourth-order valence-corrected chi connectivity index (χ4v) is 3.50. The zero-order valence-corrected chi connectivity index (χ0v) is 12.8. The van der Waals surface area contributed by atoms with Gasteiger partial charge in [0.25, 0.3) is 0 Å². The molecule has 0 aromatic heterocycles. The summed E-state index contributed by atoms with van der Waals surface area (Å²) in [5.74, 6) is 0.724. The third kappa shape index (κ3) is 3.33. The number of carbonyl (C=O) groups excluding carboxylic acids is 1. The van der Waals surface area contributed by atoms with Gasteiger partial charge < -0.3 is 10.0 Å². The predicted molar refractivity (Wildman–Crippen MR) is 77.2 cm³/mol. The van der Waals surface area contributed by atoms with Gasteiger partial charge in [-0.15, -0.1) is 0 Å². The molecule has 1 amide bonds. The normalized spacial score (nSPS) is 27.9. The maximum Gasteiger partial charge on any atom is 0.308 e. The maximum absolute atomic E-state index is 12.4. The molecule has 1 saturated heterocycles. The number of likely N-dealkylation sites (tertiary alicyclic amines) is 1. The first kappa shape index (κ1) is 15.3. The van der Waals surface area contributed by atoms with Crippen LogP contribution < -0.4 is 0 Å². The Morgan fingerprint density at radius 2 is 1.90 bits per heavy atom. The van der Waals surface area contributed by atoms with Gasteiger partial charge in [0.1, 0.15) is 0 Å². The number of nitrogens with zero attached hydrogens (tertiary/aromatic N) is 1. The van der Waals surface area contributed by atoms with E-state index in [9.17, 15) is 14.7 Å². The first-order valence-corrected chi connectivity index (χ1v) is 7.94. The molecule has 3 atom stereocenters. The maximum atomic E-state index is 12.4. The smallest absolute Gasteiger partial charge is 0.308 e. The summed E-state index contributed by atoms with van der Waals surface area (Å²) in [7, 11) is 0. The molecule has 1 unspecified atom stereocenters. The van der Waals surface area contributed by atoms with E-state index in [2.05, 4.69) is 20.8 Å². The first-order chi connectivity index (χ1) is 9.43. The number of hydrogen-bond donors (Lipinski definition) is 1. The van der Waals surface area contributed by atoms with E-state index in [-0.39, 0.29) is 17.7 Å². The molecule has 1 N–H and O–H groups in total. The van der Waals surface area contributed by atoms with Gasteiger partial charge in [0.2, 0.25) is 5.91 Å². The lowest BCUT2D eigenvalue weighted by atomic mass is 9.90. The molecule has 4 heteroatoms. The number of carboxylic acids is 1. The van der Waals surface area contributed by atoms with Crippen molar-refractivity contribution < 1.29 is 14.7 Å². The van der Waals surface area contributed by atoms with E-state index >= 15 is 0 Å². The van der Waals surface area contributed by atoms with Crippen LogP contribution in [0.5, 0.6) is 0 Å². The average Bonchev–Trinajstić information content (AvgIpc) is 3.13. The van der Waals surface area contributed by atoms with Crippen molar-refractivity contribution in [3.05, 3.63) is 0 Å². The summed E-state index contributed by atoms with van der Waals surface area (Å²) in [6.45, 7) is 7.50. The summed E-state index contributed by atoms with van der Waals surface area (Å²) in [5.41, 5.74) is 0. The summed E-state index contributed by atoms with van der Waals surface area (Å²) in [6.07, 6.45) is 3.85. The summed E-state index contributed by atoms with van der Waals surface area (Å²) < 4.78 is 0. The Kier molecular flexibility index (Phi) is 4.71. The first-order valence-electron chi connectivity index (χ1n) is 7.94. The van der Waals surface area contributed by atoms with Crippen LogP contribution in [0.25, 0.3) is 0 Å². The average molecular weight is 281 g/mol. The molecule has 2 fully saturated rings. The summed E-state index contributed by atoms with van der Waals surface area (Å²) in [5, 5.41) is 9.34. The molecule has 2 aliphatic rings. The third-order valence-corrected chi connectivity index (χ3v) is 5.17. The number of carbonyl (C=O) groups is 2. The minimum atomic E-state index is -0.729. The largest absolute Gasteiger partial charge is 0.481 e. The molecule has 0 aromatic rings. The molecule has 0 aromatic carbocycles. The highest BCUT2D eigenvalue weighted by molar-refractivity contribution is 5.79. The van der Waals surface area contributed by atoms with Crippen molar-refractivity contribution in [3.8, 4) is 0 Å².